The number of pyridine rings is 1. The van der Waals surface area contributed by atoms with Gasteiger partial charge in [0, 0.05) is 29.7 Å². The molecule has 0 spiro atoms. The molecular weight excluding hydrogens is 410 g/mol. The highest BCUT2D eigenvalue weighted by Crippen LogP contribution is 2.32. The van der Waals surface area contributed by atoms with Gasteiger partial charge < -0.3 is 16.4 Å². The zero-order chi connectivity index (χ0) is 20.5. The Kier molecular flexibility index (Phi) is 5.88. The van der Waals surface area contributed by atoms with E-state index in [2.05, 4.69) is 20.6 Å². The summed E-state index contributed by atoms with van der Waals surface area (Å²) in [6.07, 6.45) is 7.38. The number of nitrogens with two attached hydrogens (primary N) is 1. The van der Waals surface area contributed by atoms with Gasteiger partial charge in [0.2, 0.25) is 0 Å². The van der Waals surface area contributed by atoms with Gasteiger partial charge in [-0.2, -0.15) is 13.5 Å². The number of fused-ring (bicyclic) bond motifs is 1. The molecule has 0 saturated carbocycles. The molecule has 5 rings (SSSR count). The quantitative estimate of drug-likeness (QED) is 0.456. The predicted octanol–water partition coefficient (Wildman–Crippen LogP) is 3.16. The summed E-state index contributed by atoms with van der Waals surface area (Å²) in [6, 6.07) is 12.9. The standard InChI is InChI=1S/C22H21N7O.H2S/c23-20-19-18(28-21(16-4-3-11-24-16)29(19)13-12-26-20)14-6-8-15(9-7-14)22(30)27-17-5-1-2-10-25-17;/h1-2,5-10,12-13,16,24H,3-4,11H2,(H2,23,26)(H,25,27,30);1H2/t16-;/m0./s1. The molecule has 4 heterocycles. The molecule has 1 aliphatic rings. The normalized spacial score (nSPS) is 15.5. The van der Waals surface area contributed by atoms with Crippen LogP contribution in [0, 0.1) is 0 Å². The number of carbonyl (C=O) groups is 1. The van der Waals surface area contributed by atoms with Crippen LogP contribution in [0.2, 0.25) is 0 Å². The molecule has 1 saturated heterocycles. The maximum atomic E-state index is 12.5. The summed E-state index contributed by atoms with van der Waals surface area (Å²) >= 11 is 0. The van der Waals surface area contributed by atoms with Crippen LogP contribution in [0.3, 0.4) is 0 Å². The second-order valence-electron chi connectivity index (χ2n) is 7.25. The van der Waals surface area contributed by atoms with E-state index in [-0.39, 0.29) is 25.4 Å². The van der Waals surface area contributed by atoms with Crippen LogP contribution >= 0.6 is 13.5 Å². The number of rotatable bonds is 4. The van der Waals surface area contributed by atoms with E-state index >= 15 is 0 Å². The zero-order valence-corrected chi connectivity index (χ0v) is 17.7. The monoisotopic (exact) mass is 433 g/mol. The summed E-state index contributed by atoms with van der Waals surface area (Å²) in [4.78, 5) is 25.8. The maximum absolute atomic E-state index is 12.5. The minimum atomic E-state index is -0.216. The smallest absolute Gasteiger partial charge is 0.256 e. The lowest BCUT2D eigenvalue weighted by Gasteiger charge is -2.08. The fourth-order valence-corrected chi connectivity index (χ4v) is 3.84. The van der Waals surface area contributed by atoms with Crippen molar-refractivity contribution in [2.75, 3.05) is 17.6 Å². The van der Waals surface area contributed by atoms with E-state index in [0.717, 1.165) is 42.0 Å². The Labute approximate surface area is 186 Å². The Morgan fingerprint density at radius 1 is 1.13 bits per heavy atom. The number of nitrogen functional groups attached to an aromatic ring is 1. The van der Waals surface area contributed by atoms with Crippen molar-refractivity contribution in [1.82, 2.24) is 24.7 Å². The molecule has 1 amide bonds. The first-order chi connectivity index (χ1) is 14.7. The molecule has 1 aliphatic heterocycles. The molecule has 3 aromatic heterocycles. The fourth-order valence-electron chi connectivity index (χ4n) is 3.84. The van der Waals surface area contributed by atoms with Crippen LogP contribution in [0.5, 0.6) is 0 Å². The van der Waals surface area contributed by atoms with Crippen molar-refractivity contribution in [1.29, 1.82) is 0 Å². The number of hydrogen-bond donors (Lipinski definition) is 3. The minimum absolute atomic E-state index is 0. The lowest BCUT2D eigenvalue weighted by atomic mass is 10.1. The lowest BCUT2D eigenvalue weighted by molar-refractivity contribution is 0.102. The highest BCUT2D eigenvalue weighted by Gasteiger charge is 2.24. The van der Waals surface area contributed by atoms with Crippen molar-refractivity contribution < 1.29 is 4.79 Å². The van der Waals surface area contributed by atoms with E-state index in [4.69, 9.17) is 10.7 Å². The highest BCUT2D eigenvalue weighted by molar-refractivity contribution is 7.59. The Hall–Kier alpha value is -3.43. The van der Waals surface area contributed by atoms with E-state index in [9.17, 15) is 4.79 Å². The van der Waals surface area contributed by atoms with Crippen molar-refractivity contribution in [3.8, 4) is 11.3 Å². The van der Waals surface area contributed by atoms with Crippen LogP contribution < -0.4 is 16.4 Å². The number of anilines is 2. The van der Waals surface area contributed by atoms with E-state index < -0.39 is 0 Å². The average Bonchev–Trinajstić information content (AvgIpc) is 3.43. The maximum Gasteiger partial charge on any atom is 0.256 e. The number of nitrogens with one attached hydrogen (secondary N) is 2. The van der Waals surface area contributed by atoms with E-state index in [1.165, 1.54) is 0 Å². The number of aromatic nitrogens is 4. The van der Waals surface area contributed by atoms with Gasteiger partial charge in [0.25, 0.3) is 5.91 Å². The molecule has 8 nitrogen and oxygen atoms in total. The number of benzene rings is 1. The third kappa shape index (κ3) is 3.97. The third-order valence-electron chi connectivity index (χ3n) is 5.31. The molecular formula is C22H23N7OS. The molecule has 0 unspecified atom stereocenters. The van der Waals surface area contributed by atoms with E-state index in [0.29, 0.717) is 17.2 Å². The molecule has 1 atom stereocenters. The average molecular weight is 434 g/mol. The molecule has 31 heavy (non-hydrogen) atoms. The highest BCUT2D eigenvalue weighted by atomic mass is 32.1. The number of nitrogens with zero attached hydrogens (tertiary/aromatic N) is 4. The van der Waals surface area contributed by atoms with Crippen LogP contribution in [-0.4, -0.2) is 31.8 Å². The van der Waals surface area contributed by atoms with Crippen LogP contribution in [0.4, 0.5) is 11.6 Å². The number of carbonyl (C=O) groups excluding carboxylic acids is 1. The Balaban J connectivity index is 0.00000231. The number of amides is 1. The Morgan fingerprint density at radius 3 is 2.68 bits per heavy atom. The van der Waals surface area contributed by atoms with Gasteiger partial charge >= 0.3 is 0 Å². The Bertz CT molecular complexity index is 1200. The largest absolute Gasteiger partial charge is 0.382 e. The predicted molar refractivity (Wildman–Crippen MR) is 125 cm³/mol. The summed E-state index contributed by atoms with van der Waals surface area (Å²) in [5.74, 6) is 1.66. The van der Waals surface area contributed by atoms with Crippen molar-refractivity contribution in [2.24, 2.45) is 0 Å². The molecule has 0 aliphatic carbocycles. The van der Waals surface area contributed by atoms with Crippen molar-refractivity contribution >= 4 is 36.6 Å². The van der Waals surface area contributed by atoms with Crippen molar-refractivity contribution in [2.45, 2.75) is 18.9 Å². The Morgan fingerprint density at radius 2 is 1.97 bits per heavy atom. The molecule has 158 valence electrons. The van der Waals surface area contributed by atoms with Gasteiger partial charge in [0.1, 0.15) is 28.7 Å². The molecule has 9 heteroatoms. The van der Waals surface area contributed by atoms with Gasteiger partial charge in [0.05, 0.1) is 6.04 Å². The van der Waals surface area contributed by atoms with Gasteiger partial charge in [0.15, 0.2) is 0 Å². The SMILES string of the molecule is Nc1nccn2c([C@@H]3CCCN3)nc(-c3ccc(C(=O)Nc4ccccn4)cc3)c12.S. The second-order valence-corrected chi connectivity index (χ2v) is 7.25. The third-order valence-corrected chi connectivity index (χ3v) is 5.31. The first-order valence-corrected chi connectivity index (χ1v) is 9.89. The fraction of sp³-hybridized carbons (Fsp3) is 0.182. The number of hydrogen-bond acceptors (Lipinski definition) is 6. The molecule has 4 aromatic rings. The van der Waals surface area contributed by atoms with Crippen LogP contribution in [0.1, 0.15) is 35.1 Å². The summed E-state index contributed by atoms with van der Waals surface area (Å²) < 4.78 is 2.02. The van der Waals surface area contributed by atoms with Gasteiger partial charge in [-0.1, -0.05) is 18.2 Å². The van der Waals surface area contributed by atoms with Crippen molar-refractivity contribution in [3.05, 3.63) is 72.4 Å². The van der Waals surface area contributed by atoms with Gasteiger partial charge in [-0.25, -0.2) is 15.0 Å². The van der Waals surface area contributed by atoms with Crippen LogP contribution in [0.15, 0.2) is 61.1 Å². The minimum Gasteiger partial charge on any atom is -0.382 e. The summed E-state index contributed by atoms with van der Waals surface area (Å²) in [7, 11) is 0. The van der Waals surface area contributed by atoms with Crippen LogP contribution in [-0.2, 0) is 0 Å². The second kappa shape index (κ2) is 8.75. The number of imidazole rings is 1. The molecule has 0 radical (unpaired) electrons. The van der Waals surface area contributed by atoms with Gasteiger partial charge in [-0.05, 0) is 43.7 Å². The lowest BCUT2D eigenvalue weighted by Crippen LogP contribution is -2.16. The van der Waals surface area contributed by atoms with Crippen LogP contribution in [0.25, 0.3) is 16.8 Å². The van der Waals surface area contributed by atoms with Gasteiger partial charge in [-0.15, -0.1) is 0 Å². The van der Waals surface area contributed by atoms with Gasteiger partial charge in [-0.3, -0.25) is 9.20 Å². The molecule has 1 aromatic carbocycles. The summed E-state index contributed by atoms with van der Waals surface area (Å²) in [5.41, 5.74) is 9.17. The molecule has 4 N–H and O–H groups in total. The molecule has 1 fully saturated rings. The molecule has 0 bridgehead atoms. The first-order valence-electron chi connectivity index (χ1n) is 9.89. The first kappa shape index (κ1) is 20.8. The van der Waals surface area contributed by atoms with E-state index in [1.54, 1.807) is 36.7 Å². The summed E-state index contributed by atoms with van der Waals surface area (Å²) in [6.45, 7) is 0.982. The zero-order valence-electron chi connectivity index (χ0n) is 16.7. The van der Waals surface area contributed by atoms with E-state index in [1.807, 2.05) is 28.8 Å². The van der Waals surface area contributed by atoms with Crippen molar-refractivity contribution in [3.63, 3.8) is 0 Å². The topological polar surface area (TPSA) is 110 Å². The summed E-state index contributed by atoms with van der Waals surface area (Å²) in [5, 5.41) is 6.28.